The molecule has 112 valence electrons. The van der Waals surface area contributed by atoms with Crippen molar-refractivity contribution in [2.75, 3.05) is 17.2 Å². The molecule has 0 radical (unpaired) electrons. The van der Waals surface area contributed by atoms with E-state index in [-0.39, 0.29) is 11.8 Å². The van der Waals surface area contributed by atoms with Gasteiger partial charge in [0.2, 0.25) is 11.9 Å². The fourth-order valence-electron chi connectivity index (χ4n) is 1.28. The van der Waals surface area contributed by atoms with E-state index in [1.165, 1.54) is 13.8 Å². The van der Waals surface area contributed by atoms with Gasteiger partial charge < -0.3 is 16.4 Å². The number of amides is 1. The Labute approximate surface area is 114 Å². The number of rotatable bonds is 5. The van der Waals surface area contributed by atoms with E-state index in [1.807, 2.05) is 0 Å². The minimum absolute atomic E-state index is 0.132. The molecular formula is C11H16F3N5O. The molecule has 1 heterocycles. The fraction of sp³-hybridized carbons (Fsp3) is 0.545. The van der Waals surface area contributed by atoms with E-state index < -0.39 is 23.3 Å². The van der Waals surface area contributed by atoms with Crippen LogP contribution in [0.4, 0.5) is 24.9 Å². The number of nitrogens with zero attached hydrogens (tertiary/aromatic N) is 2. The minimum atomic E-state index is -4.61. The van der Waals surface area contributed by atoms with Gasteiger partial charge >= 0.3 is 6.18 Å². The highest BCUT2D eigenvalue weighted by Crippen LogP contribution is 2.30. The normalized spacial score (nSPS) is 12.1. The summed E-state index contributed by atoms with van der Waals surface area (Å²) in [6, 6.07) is 0.728. The highest BCUT2D eigenvalue weighted by atomic mass is 19.4. The molecule has 9 heteroatoms. The zero-order valence-corrected chi connectivity index (χ0v) is 11.3. The summed E-state index contributed by atoms with van der Waals surface area (Å²) < 4.78 is 38.2. The third-order valence-electron chi connectivity index (χ3n) is 2.41. The number of carbonyl (C=O) groups excluding carboxylic acids is 1. The molecule has 4 N–H and O–H groups in total. The highest BCUT2D eigenvalue weighted by Gasteiger charge is 2.34. The van der Waals surface area contributed by atoms with Gasteiger partial charge in [0.25, 0.3) is 0 Å². The molecule has 1 aromatic heterocycles. The van der Waals surface area contributed by atoms with Crippen LogP contribution in [0.15, 0.2) is 6.07 Å². The van der Waals surface area contributed by atoms with Crippen LogP contribution < -0.4 is 16.4 Å². The summed E-state index contributed by atoms with van der Waals surface area (Å²) in [6.07, 6.45) is -4.61. The Morgan fingerprint density at radius 3 is 2.40 bits per heavy atom. The van der Waals surface area contributed by atoms with E-state index >= 15 is 0 Å². The standard InChI is InChI=1S/C11H16F3N5O/c1-4-16-9-17-6(11(12,13)14)5-7(18-9)19-10(2,3)8(15)20/h5H,4H2,1-3H3,(H2,15,20)(H2,16,17,18,19). The number of aromatic nitrogens is 2. The van der Waals surface area contributed by atoms with Crippen molar-refractivity contribution >= 4 is 17.7 Å². The maximum atomic E-state index is 12.7. The number of hydrogen-bond acceptors (Lipinski definition) is 5. The first-order valence-corrected chi connectivity index (χ1v) is 5.84. The summed E-state index contributed by atoms with van der Waals surface area (Å²) in [5, 5.41) is 5.16. The Kier molecular flexibility index (Phi) is 4.41. The van der Waals surface area contributed by atoms with Gasteiger partial charge in [-0.25, -0.2) is 4.98 Å². The maximum Gasteiger partial charge on any atom is 0.433 e. The van der Waals surface area contributed by atoms with E-state index in [1.54, 1.807) is 6.92 Å². The Balaban J connectivity index is 3.19. The Morgan fingerprint density at radius 2 is 1.95 bits per heavy atom. The number of halogens is 3. The largest absolute Gasteiger partial charge is 0.433 e. The van der Waals surface area contributed by atoms with Crippen molar-refractivity contribution in [1.29, 1.82) is 0 Å². The molecule has 6 nitrogen and oxygen atoms in total. The van der Waals surface area contributed by atoms with Crippen LogP contribution in [0.2, 0.25) is 0 Å². The Hall–Kier alpha value is -2.06. The Morgan fingerprint density at radius 1 is 1.35 bits per heavy atom. The molecular weight excluding hydrogens is 275 g/mol. The topological polar surface area (TPSA) is 92.9 Å². The van der Waals surface area contributed by atoms with Crippen molar-refractivity contribution < 1.29 is 18.0 Å². The first kappa shape index (κ1) is 16.0. The summed E-state index contributed by atoms with van der Waals surface area (Å²) in [7, 11) is 0. The van der Waals surface area contributed by atoms with Gasteiger partial charge in [-0.05, 0) is 20.8 Å². The SMILES string of the molecule is CCNc1nc(NC(C)(C)C(N)=O)cc(C(F)(F)F)n1. The van der Waals surface area contributed by atoms with Crippen molar-refractivity contribution in [3.05, 3.63) is 11.8 Å². The lowest BCUT2D eigenvalue weighted by molar-refractivity contribution is -0.141. The fourth-order valence-corrected chi connectivity index (χ4v) is 1.28. The van der Waals surface area contributed by atoms with Crippen molar-refractivity contribution in [2.24, 2.45) is 5.73 Å². The minimum Gasteiger partial charge on any atom is -0.368 e. The van der Waals surface area contributed by atoms with Crippen molar-refractivity contribution in [3.8, 4) is 0 Å². The lowest BCUT2D eigenvalue weighted by atomic mass is 10.1. The van der Waals surface area contributed by atoms with Crippen molar-refractivity contribution in [3.63, 3.8) is 0 Å². The molecule has 0 aliphatic rings. The maximum absolute atomic E-state index is 12.7. The molecule has 1 amide bonds. The number of nitrogens with two attached hydrogens (primary N) is 1. The van der Waals surface area contributed by atoms with Crippen LogP contribution in [0, 0.1) is 0 Å². The summed E-state index contributed by atoms with van der Waals surface area (Å²) in [6.45, 7) is 4.94. The summed E-state index contributed by atoms with van der Waals surface area (Å²) in [4.78, 5) is 18.4. The zero-order chi connectivity index (χ0) is 15.6. The lowest BCUT2D eigenvalue weighted by Gasteiger charge is -2.23. The average Bonchev–Trinajstić information content (AvgIpc) is 2.27. The molecule has 20 heavy (non-hydrogen) atoms. The second-order valence-corrected chi connectivity index (χ2v) is 4.60. The highest BCUT2D eigenvalue weighted by molar-refractivity contribution is 5.86. The van der Waals surface area contributed by atoms with Crippen LogP contribution in [0.5, 0.6) is 0 Å². The molecule has 0 bridgehead atoms. The van der Waals surface area contributed by atoms with Crippen LogP contribution >= 0.6 is 0 Å². The summed E-state index contributed by atoms with van der Waals surface area (Å²) in [5.74, 6) is -1.02. The predicted octanol–water partition coefficient (Wildman–Crippen LogP) is 1.60. The Bertz CT molecular complexity index is 501. The molecule has 0 aliphatic heterocycles. The number of primary amides is 1. The van der Waals surface area contributed by atoms with Gasteiger partial charge in [-0.3, -0.25) is 4.79 Å². The monoisotopic (exact) mass is 291 g/mol. The molecule has 1 aromatic rings. The molecule has 0 aliphatic carbocycles. The molecule has 0 unspecified atom stereocenters. The second-order valence-electron chi connectivity index (χ2n) is 4.60. The van der Waals surface area contributed by atoms with Crippen LogP contribution in [-0.4, -0.2) is 28.0 Å². The van der Waals surface area contributed by atoms with Gasteiger partial charge in [0.15, 0.2) is 5.69 Å². The summed E-state index contributed by atoms with van der Waals surface area (Å²) >= 11 is 0. The van der Waals surface area contributed by atoms with E-state index in [2.05, 4.69) is 20.6 Å². The number of carbonyl (C=O) groups is 1. The van der Waals surface area contributed by atoms with Crippen molar-refractivity contribution in [1.82, 2.24) is 9.97 Å². The molecule has 0 fully saturated rings. The molecule has 0 saturated heterocycles. The van der Waals surface area contributed by atoms with Crippen molar-refractivity contribution in [2.45, 2.75) is 32.5 Å². The molecule has 0 saturated carbocycles. The van der Waals surface area contributed by atoms with Crippen LogP contribution in [0.3, 0.4) is 0 Å². The van der Waals surface area contributed by atoms with E-state index in [0.29, 0.717) is 6.54 Å². The zero-order valence-electron chi connectivity index (χ0n) is 11.3. The number of anilines is 2. The van der Waals surface area contributed by atoms with Gasteiger partial charge in [-0.1, -0.05) is 0 Å². The van der Waals surface area contributed by atoms with E-state index in [0.717, 1.165) is 6.07 Å². The number of alkyl halides is 3. The first-order valence-electron chi connectivity index (χ1n) is 5.84. The van der Waals surface area contributed by atoms with Gasteiger partial charge in [0.05, 0.1) is 0 Å². The predicted molar refractivity (Wildman–Crippen MR) is 68.1 cm³/mol. The summed E-state index contributed by atoms with van der Waals surface area (Å²) in [5.41, 5.74) is 2.82. The number of hydrogen-bond donors (Lipinski definition) is 3. The first-order chi connectivity index (χ1) is 9.06. The smallest absolute Gasteiger partial charge is 0.368 e. The third-order valence-corrected chi connectivity index (χ3v) is 2.41. The molecule has 0 aromatic carbocycles. The van der Waals surface area contributed by atoms with Crippen LogP contribution in [0.1, 0.15) is 26.5 Å². The second kappa shape index (κ2) is 5.51. The lowest BCUT2D eigenvalue weighted by Crippen LogP contribution is -2.45. The van der Waals surface area contributed by atoms with Crippen LogP contribution in [0.25, 0.3) is 0 Å². The quantitative estimate of drug-likeness (QED) is 0.766. The average molecular weight is 291 g/mol. The molecule has 0 atom stereocenters. The number of nitrogens with one attached hydrogen (secondary N) is 2. The molecule has 0 spiro atoms. The van der Waals surface area contributed by atoms with Gasteiger partial charge in [-0.2, -0.15) is 18.2 Å². The van der Waals surface area contributed by atoms with E-state index in [4.69, 9.17) is 5.73 Å². The third kappa shape index (κ3) is 3.97. The van der Waals surface area contributed by atoms with Gasteiger partial charge in [0.1, 0.15) is 11.4 Å². The molecule has 1 rings (SSSR count). The van der Waals surface area contributed by atoms with E-state index in [9.17, 15) is 18.0 Å². The van der Waals surface area contributed by atoms with Gasteiger partial charge in [-0.15, -0.1) is 0 Å². The van der Waals surface area contributed by atoms with Gasteiger partial charge in [0, 0.05) is 12.6 Å². The van der Waals surface area contributed by atoms with Crippen LogP contribution in [-0.2, 0) is 11.0 Å².